The van der Waals surface area contributed by atoms with E-state index in [-0.39, 0.29) is 0 Å². The molecule has 4 aliphatic carbocycles. The molecule has 4 aliphatic rings. The highest BCUT2D eigenvalue weighted by Crippen LogP contribution is 2.49. The normalized spacial score (nSPS) is 25.7. The van der Waals surface area contributed by atoms with Crippen LogP contribution in [-0.4, -0.2) is 0 Å². The zero-order valence-corrected chi connectivity index (χ0v) is 14.3. The summed E-state index contributed by atoms with van der Waals surface area (Å²) < 4.78 is 0. The Bertz CT molecular complexity index is 979. The fourth-order valence-electron chi connectivity index (χ4n) is 4.24. The van der Waals surface area contributed by atoms with Crippen molar-refractivity contribution in [3.8, 4) is 0 Å². The first-order valence-electron chi connectivity index (χ1n) is 8.95. The van der Waals surface area contributed by atoms with Crippen LogP contribution in [0.2, 0.25) is 0 Å². The Labute approximate surface area is 149 Å². The van der Waals surface area contributed by atoms with Gasteiger partial charge in [0.05, 0.1) is 0 Å². The minimum Gasteiger partial charge on any atom is -0.0617 e. The molecule has 25 heavy (non-hydrogen) atoms. The molecule has 0 amide bonds. The van der Waals surface area contributed by atoms with Crippen molar-refractivity contribution in [2.75, 3.05) is 0 Å². The maximum atomic E-state index is 2.32. The summed E-state index contributed by atoms with van der Waals surface area (Å²) in [5.41, 5.74) is 9.62. The number of benzene rings is 1. The molecule has 0 aliphatic heterocycles. The van der Waals surface area contributed by atoms with E-state index in [1.54, 1.807) is 0 Å². The van der Waals surface area contributed by atoms with Gasteiger partial charge < -0.3 is 0 Å². The van der Waals surface area contributed by atoms with E-state index in [0.717, 1.165) is 0 Å². The first-order valence-corrected chi connectivity index (χ1v) is 8.95. The van der Waals surface area contributed by atoms with Crippen molar-refractivity contribution in [2.45, 2.75) is 6.92 Å². The third-order valence-electron chi connectivity index (χ3n) is 5.57. The molecular formula is C25H20. The van der Waals surface area contributed by atoms with Crippen molar-refractivity contribution >= 4 is 6.08 Å². The summed E-state index contributed by atoms with van der Waals surface area (Å²) in [5.74, 6) is 0.946. The van der Waals surface area contributed by atoms with Crippen LogP contribution in [0.3, 0.4) is 0 Å². The quantitative estimate of drug-likeness (QED) is 0.623. The van der Waals surface area contributed by atoms with E-state index in [9.17, 15) is 0 Å². The summed E-state index contributed by atoms with van der Waals surface area (Å²) in [6, 6.07) is 8.69. The molecule has 0 N–H and O–H groups in total. The third kappa shape index (κ3) is 2.37. The predicted octanol–water partition coefficient (Wildman–Crippen LogP) is 6.04. The molecule has 2 unspecified atom stereocenters. The van der Waals surface area contributed by atoms with Crippen molar-refractivity contribution < 1.29 is 0 Å². The maximum absolute atomic E-state index is 2.32. The fraction of sp³-hybridized carbons (Fsp3) is 0.120. The zero-order chi connectivity index (χ0) is 16.8. The first-order chi connectivity index (χ1) is 12.3. The Morgan fingerprint density at radius 2 is 1.40 bits per heavy atom. The first kappa shape index (κ1) is 14.5. The highest BCUT2D eigenvalue weighted by Gasteiger charge is 2.37. The van der Waals surface area contributed by atoms with E-state index in [4.69, 9.17) is 0 Å². The zero-order valence-electron chi connectivity index (χ0n) is 14.3. The molecule has 0 saturated carbocycles. The molecule has 0 saturated heterocycles. The second-order valence-corrected chi connectivity index (χ2v) is 7.14. The maximum Gasteiger partial charge on any atom is 0.0205 e. The van der Waals surface area contributed by atoms with Gasteiger partial charge in [0, 0.05) is 11.8 Å². The molecule has 0 fully saturated rings. The van der Waals surface area contributed by atoms with Gasteiger partial charge in [0.25, 0.3) is 0 Å². The van der Waals surface area contributed by atoms with Crippen LogP contribution in [0.15, 0.2) is 113 Å². The molecule has 0 spiro atoms. The minimum atomic E-state index is 0.462. The fourth-order valence-corrected chi connectivity index (χ4v) is 4.24. The summed E-state index contributed by atoms with van der Waals surface area (Å²) in [7, 11) is 0. The van der Waals surface area contributed by atoms with Gasteiger partial charge in [0.15, 0.2) is 0 Å². The Morgan fingerprint density at radius 1 is 0.680 bits per heavy atom. The van der Waals surface area contributed by atoms with E-state index >= 15 is 0 Å². The lowest BCUT2D eigenvalue weighted by molar-refractivity contribution is 0.561. The van der Waals surface area contributed by atoms with Gasteiger partial charge in [-0.15, -0.1) is 0 Å². The van der Waals surface area contributed by atoms with E-state index in [1.807, 2.05) is 0 Å². The summed E-state index contributed by atoms with van der Waals surface area (Å²) in [6.07, 6.45) is 24.9. The van der Waals surface area contributed by atoms with Crippen molar-refractivity contribution in [1.82, 2.24) is 0 Å². The lowest BCUT2D eigenvalue weighted by atomic mass is 9.63. The van der Waals surface area contributed by atoms with Crippen LogP contribution in [0.25, 0.3) is 6.08 Å². The third-order valence-corrected chi connectivity index (χ3v) is 5.57. The molecule has 0 bridgehead atoms. The summed E-state index contributed by atoms with van der Waals surface area (Å²) >= 11 is 0. The van der Waals surface area contributed by atoms with E-state index in [0.29, 0.717) is 11.8 Å². The Balaban J connectivity index is 1.57. The van der Waals surface area contributed by atoms with Gasteiger partial charge in [0.1, 0.15) is 0 Å². The lowest BCUT2D eigenvalue weighted by Crippen LogP contribution is -2.29. The topological polar surface area (TPSA) is 0 Å². The van der Waals surface area contributed by atoms with E-state index in [2.05, 4.69) is 98.0 Å². The largest absolute Gasteiger partial charge is 0.0617 e. The Hall–Kier alpha value is -2.86. The number of rotatable bonds is 2. The summed E-state index contributed by atoms with van der Waals surface area (Å²) in [4.78, 5) is 0. The number of allylic oxidation sites excluding steroid dienone is 15. The minimum absolute atomic E-state index is 0.462. The smallest absolute Gasteiger partial charge is 0.0205 e. The van der Waals surface area contributed by atoms with Crippen LogP contribution >= 0.6 is 0 Å². The number of aryl methyl sites for hydroxylation is 1. The van der Waals surface area contributed by atoms with Gasteiger partial charge in [-0.3, -0.25) is 0 Å². The second kappa shape index (κ2) is 5.60. The summed E-state index contributed by atoms with van der Waals surface area (Å²) in [6.45, 7) is 2.13. The molecule has 0 heteroatoms. The van der Waals surface area contributed by atoms with Crippen LogP contribution in [0.1, 0.15) is 11.1 Å². The predicted molar refractivity (Wildman–Crippen MR) is 106 cm³/mol. The molecule has 1 aromatic rings. The van der Waals surface area contributed by atoms with Crippen molar-refractivity contribution in [3.63, 3.8) is 0 Å². The standard InChI is InChI=1S/C25H20/c1-17-5-7-18(8-6-17)9-10-19-11-12-22-14-13-20-3-2-4-21-15-16-23(19)25(22)24(20)21/h2-16,24-25H,1H3/b10-9+. The van der Waals surface area contributed by atoms with Crippen LogP contribution in [-0.2, 0) is 0 Å². The molecule has 1 aromatic carbocycles. The van der Waals surface area contributed by atoms with Crippen molar-refractivity contribution in [3.05, 3.63) is 124 Å². The van der Waals surface area contributed by atoms with Gasteiger partial charge in [0.2, 0.25) is 0 Å². The SMILES string of the molecule is Cc1ccc(/C=C/C2=C3C=CC4=CC=CC5=CC=C(C=C2)C3C45)cc1. The molecule has 2 atom stereocenters. The Kier molecular flexibility index (Phi) is 3.24. The van der Waals surface area contributed by atoms with E-state index in [1.165, 1.54) is 39.0 Å². The molecule has 0 nitrogen and oxygen atoms in total. The van der Waals surface area contributed by atoms with Crippen LogP contribution in [0.5, 0.6) is 0 Å². The highest BCUT2D eigenvalue weighted by atomic mass is 14.4. The van der Waals surface area contributed by atoms with Crippen LogP contribution < -0.4 is 0 Å². The van der Waals surface area contributed by atoms with Gasteiger partial charge in [-0.25, -0.2) is 0 Å². The molecule has 0 heterocycles. The van der Waals surface area contributed by atoms with Crippen molar-refractivity contribution in [1.29, 1.82) is 0 Å². The lowest BCUT2D eigenvalue weighted by Gasteiger charge is -2.40. The number of hydrogen-bond donors (Lipinski definition) is 0. The Morgan fingerprint density at radius 3 is 2.24 bits per heavy atom. The van der Waals surface area contributed by atoms with Gasteiger partial charge >= 0.3 is 0 Å². The van der Waals surface area contributed by atoms with Gasteiger partial charge in [-0.1, -0.05) is 96.7 Å². The highest BCUT2D eigenvalue weighted by molar-refractivity contribution is 5.66. The van der Waals surface area contributed by atoms with E-state index < -0.39 is 0 Å². The van der Waals surface area contributed by atoms with Crippen LogP contribution in [0.4, 0.5) is 0 Å². The average Bonchev–Trinajstić information content (AvgIpc) is 2.66. The molecule has 0 aromatic heterocycles. The summed E-state index contributed by atoms with van der Waals surface area (Å²) in [5, 5.41) is 0. The second-order valence-electron chi connectivity index (χ2n) is 7.14. The molecule has 120 valence electrons. The molecule has 0 radical (unpaired) electrons. The molecule has 5 rings (SSSR count). The monoisotopic (exact) mass is 320 g/mol. The average molecular weight is 320 g/mol. The molecular weight excluding hydrogens is 300 g/mol. The van der Waals surface area contributed by atoms with Crippen LogP contribution in [0, 0.1) is 18.8 Å². The van der Waals surface area contributed by atoms with Gasteiger partial charge in [-0.05, 0) is 40.4 Å². The van der Waals surface area contributed by atoms with Gasteiger partial charge in [-0.2, -0.15) is 0 Å². The van der Waals surface area contributed by atoms with Crippen molar-refractivity contribution in [2.24, 2.45) is 11.8 Å². The number of hydrogen-bond acceptors (Lipinski definition) is 0.